The molecule has 1 aromatic heterocycles. The summed E-state index contributed by atoms with van der Waals surface area (Å²) in [5, 5.41) is 0. The van der Waals surface area contributed by atoms with Crippen LogP contribution in [0, 0.1) is 0 Å². The Morgan fingerprint density at radius 3 is 2.88 bits per heavy atom. The van der Waals surface area contributed by atoms with Gasteiger partial charge in [0, 0.05) is 30.8 Å². The molecule has 4 nitrogen and oxygen atoms in total. The molecule has 1 heterocycles. The largest absolute Gasteiger partial charge is 0.398 e. The van der Waals surface area contributed by atoms with Gasteiger partial charge in [0.15, 0.2) is 5.67 Å². The number of rotatable bonds is 6. The van der Waals surface area contributed by atoms with Gasteiger partial charge in [-0.2, -0.15) is 0 Å². The number of halogens is 1. The predicted octanol–water partition coefficient (Wildman–Crippen LogP) is 1.21. The Hall–Kier alpha value is -1.20. The highest BCUT2D eigenvalue weighted by Gasteiger charge is 2.33. The number of nitrogens with zero attached hydrogens (tertiary/aromatic N) is 1. The first kappa shape index (κ1) is 12.9. The molecule has 1 unspecified atom stereocenters. The van der Waals surface area contributed by atoms with Gasteiger partial charge in [0.25, 0.3) is 0 Å². The average Bonchev–Trinajstić information content (AvgIpc) is 2.27. The van der Waals surface area contributed by atoms with Crippen molar-refractivity contribution in [1.82, 2.24) is 4.98 Å². The number of alkyl halides is 1. The molecule has 90 valence electrons. The lowest BCUT2D eigenvalue weighted by molar-refractivity contribution is 0.0307. The molecule has 0 spiro atoms. The minimum Gasteiger partial charge on any atom is -0.398 e. The normalized spacial score (nSPS) is 14.7. The minimum absolute atomic E-state index is 0.0388. The summed E-state index contributed by atoms with van der Waals surface area (Å²) in [6.07, 6.45) is 3.85. The predicted molar refractivity (Wildman–Crippen MR) is 61.6 cm³/mol. The fraction of sp³-hybridized carbons (Fsp3) is 0.545. The molecule has 0 radical (unpaired) electrons. The zero-order valence-corrected chi connectivity index (χ0v) is 9.45. The van der Waals surface area contributed by atoms with Gasteiger partial charge in [-0.3, -0.25) is 4.98 Å². The van der Waals surface area contributed by atoms with Crippen LogP contribution in [0.5, 0.6) is 0 Å². The van der Waals surface area contributed by atoms with Crippen LogP contribution < -0.4 is 11.5 Å². The fourth-order valence-corrected chi connectivity index (χ4v) is 1.68. The van der Waals surface area contributed by atoms with E-state index in [9.17, 15) is 4.39 Å². The van der Waals surface area contributed by atoms with Crippen LogP contribution in [0.3, 0.4) is 0 Å². The highest BCUT2D eigenvalue weighted by Crippen LogP contribution is 2.34. The molecular formula is C11H18FN3O. The molecule has 1 rings (SSSR count). The molecule has 5 heteroatoms. The van der Waals surface area contributed by atoms with Gasteiger partial charge in [0.1, 0.15) is 0 Å². The maximum absolute atomic E-state index is 14.7. The Labute approximate surface area is 94.8 Å². The smallest absolute Gasteiger partial charge is 0.162 e. The number of methoxy groups -OCH3 is 1. The topological polar surface area (TPSA) is 74.2 Å². The molecule has 16 heavy (non-hydrogen) atoms. The molecule has 0 bridgehead atoms. The van der Waals surface area contributed by atoms with Gasteiger partial charge in [0.05, 0.1) is 6.61 Å². The van der Waals surface area contributed by atoms with E-state index in [1.54, 1.807) is 6.07 Å². The summed E-state index contributed by atoms with van der Waals surface area (Å²) < 4.78 is 19.6. The third kappa shape index (κ3) is 2.90. The Kier molecular flexibility index (Phi) is 4.64. The highest BCUT2D eigenvalue weighted by atomic mass is 19.1. The van der Waals surface area contributed by atoms with Crippen molar-refractivity contribution in [1.29, 1.82) is 0 Å². The maximum Gasteiger partial charge on any atom is 0.162 e. The van der Waals surface area contributed by atoms with E-state index < -0.39 is 5.67 Å². The van der Waals surface area contributed by atoms with Crippen LogP contribution in [0.2, 0.25) is 0 Å². The van der Waals surface area contributed by atoms with Gasteiger partial charge in [-0.15, -0.1) is 0 Å². The van der Waals surface area contributed by atoms with Crippen molar-refractivity contribution in [3.8, 4) is 0 Å². The summed E-state index contributed by atoms with van der Waals surface area (Å²) in [4.78, 5) is 3.90. The summed E-state index contributed by atoms with van der Waals surface area (Å²) >= 11 is 0. The number of ether oxygens (including phenoxy) is 1. The summed E-state index contributed by atoms with van der Waals surface area (Å²) in [5.74, 6) is 0. The Morgan fingerprint density at radius 2 is 2.31 bits per heavy atom. The maximum atomic E-state index is 14.7. The van der Waals surface area contributed by atoms with Crippen LogP contribution in [0.1, 0.15) is 18.4 Å². The molecule has 4 N–H and O–H groups in total. The van der Waals surface area contributed by atoms with Gasteiger partial charge in [-0.1, -0.05) is 0 Å². The highest BCUT2D eigenvalue weighted by molar-refractivity contribution is 5.47. The van der Waals surface area contributed by atoms with Crippen molar-refractivity contribution < 1.29 is 9.13 Å². The van der Waals surface area contributed by atoms with Crippen molar-refractivity contribution >= 4 is 5.69 Å². The number of nitrogens with two attached hydrogens (primary N) is 2. The lowest BCUT2D eigenvalue weighted by Crippen LogP contribution is -2.28. The van der Waals surface area contributed by atoms with Gasteiger partial charge >= 0.3 is 0 Å². The van der Waals surface area contributed by atoms with E-state index in [0.717, 1.165) is 0 Å². The molecule has 0 aliphatic rings. The van der Waals surface area contributed by atoms with E-state index in [0.29, 0.717) is 24.2 Å². The SMILES string of the molecule is COCC(F)(CCCN)c1cnccc1N. The molecule has 0 amide bonds. The van der Waals surface area contributed by atoms with Crippen molar-refractivity contribution in [2.24, 2.45) is 5.73 Å². The second kappa shape index (κ2) is 5.77. The van der Waals surface area contributed by atoms with Gasteiger partial charge in [-0.25, -0.2) is 4.39 Å². The van der Waals surface area contributed by atoms with E-state index in [1.807, 2.05) is 0 Å². The third-order valence-corrected chi connectivity index (χ3v) is 2.49. The number of anilines is 1. The molecule has 0 saturated heterocycles. The van der Waals surface area contributed by atoms with Crippen LogP contribution >= 0.6 is 0 Å². The monoisotopic (exact) mass is 227 g/mol. The molecule has 0 fully saturated rings. The summed E-state index contributed by atoms with van der Waals surface area (Å²) in [7, 11) is 1.46. The fourth-order valence-electron chi connectivity index (χ4n) is 1.68. The van der Waals surface area contributed by atoms with Crippen LogP contribution in [-0.4, -0.2) is 25.2 Å². The van der Waals surface area contributed by atoms with Crippen molar-refractivity contribution in [3.05, 3.63) is 24.0 Å². The second-order valence-electron chi connectivity index (χ2n) is 3.75. The van der Waals surface area contributed by atoms with E-state index in [2.05, 4.69) is 4.98 Å². The molecule has 0 aliphatic carbocycles. The number of aromatic nitrogens is 1. The van der Waals surface area contributed by atoms with Gasteiger partial charge in [-0.05, 0) is 25.5 Å². The van der Waals surface area contributed by atoms with E-state index in [-0.39, 0.29) is 13.0 Å². The summed E-state index contributed by atoms with van der Waals surface area (Å²) in [6, 6.07) is 1.59. The molecule has 1 atom stereocenters. The minimum atomic E-state index is -1.60. The Bertz CT molecular complexity index is 335. The van der Waals surface area contributed by atoms with Crippen LogP contribution in [0.4, 0.5) is 10.1 Å². The van der Waals surface area contributed by atoms with E-state index in [4.69, 9.17) is 16.2 Å². The number of hydrogen-bond donors (Lipinski definition) is 2. The van der Waals surface area contributed by atoms with Crippen LogP contribution in [0.25, 0.3) is 0 Å². The first-order chi connectivity index (χ1) is 7.64. The Balaban J connectivity index is 2.96. The first-order valence-electron chi connectivity index (χ1n) is 5.22. The van der Waals surface area contributed by atoms with E-state index in [1.165, 1.54) is 19.5 Å². The zero-order chi connectivity index (χ0) is 12.0. The molecule has 0 aliphatic heterocycles. The lowest BCUT2D eigenvalue weighted by atomic mass is 9.91. The quantitative estimate of drug-likeness (QED) is 0.766. The summed E-state index contributed by atoms with van der Waals surface area (Å²) in [5.41, 5.74) is 10.3. The number of nitrogen functional groups attached to an aromatic ring is 1. The second-order valence-corrected chi connectivity index (χ2v) is 3.75. The lowest BCUT2D eigenvalue weighted by Gasteiger charge is -2.25. The van der Waals surface area contributed by atoms with Gasteiger partial charge < -0.3 is 16.2 Å². The standard InChI is InChI=1S/C11H18FN3O/c1-16-8-11(12,4-2-5-13)9-7-15-6-3-10(9)14/h3,6-7H,2,4-5,8,13H2,1H3,(H2,14,15). The van der Waals surface area contributed by atoms with Crippen molar-refractivity contribution in [3.63, 3.8) is 0 Å². The molecule has 1 aromatic rings. The number of hydrogen-bond acceptors (Lipinski definition) is 4. The number of pyridine rings is 1. The van der Waals surface area contributed by atoms with Crippen molar-refractivity contribution in [2.75, 3.05) is 26.0 Å². The molecular weight excluding hydrogens is 209 g/mol. The van der Waals surface area contributed by atoms with Crippen LogP contribution in [-0.2, 0) is 10.4 Å². The Morgan fingerprint density at radius 1 is 1.56 bits per heavy atom. The first-order valence-corrected chi connectivity index (χ1v) is 5.22. The molecule has 0 aromatic carbocycles. The summed E-state index contributed by atoms with van der Waals surface area (Å²) in [6.45, 7) is 0.401. The average molecular weight is 227 g/mol. The van der Waals surface area contributed by atoms with Gasteiger partial charge in [0.2, 0.25) is 0 Å². The zero-order valence-electron chi connectivity index (χ0n) is 9.45. The van der Waals surface area contributed by atoms with Crippen molar-refractivity contribution in [2.45, 2.75) is 18.5 Å². The molecule has 0 saturated carbocycles. The van der Waals surface area contributed by atoms with Crippen LogP contribution in [0.15, 0.2) is 18.5 Å². The van der Waals surface area contributed by atoms with E-state index >= 15 is 0 Å². The third-order valence-electron chi connectivity index (χ3n) is 2.49.